The number of hydrogen-bond acceptors (Lipinski definition) is 8. The normalized spacial score (nSPS) is 11.1. The Morgan fingerprint density at radius 3 is 1.33 bits per heavy atom. The molecule has 2 rings (SSSR count). The van der Waals surface area contributed by atoms with Crippen LogP contribution in [0.3, 0.4) is 0 Å². The second-order valence-corrected chi connectivity index (χ2v) is 11.1. The molecule has 0 amide bonds. The van der Waals surface area contributed by atoms with E-state index in [9.17, 15) is 0 Å². The van der Waals surface area contributed by atoms with Gasteiger partial charge in [-0.3, -0.25) is 9.11 Å². The third-order valence-electron chi connectivity index (χ3n) is 4.22. The highest BCUT2D eigenvalue weighted by Crippen LogP contribution is 2.28. The fourth-order valence-corrected chi connectivity index (χ4v) is 4.65. The van der Waals surface area contributed by atoms with E-state index in [0.717, 1.165) is 11.5 Å². The monoisotopic (exact) mass is 598 g/mol. The number of benzene rings is 2. The van der Waals surface area contributed by atoms with Gasteiger partial charge in [0.2, 0.25) is 11.9 Å². The standard InChI is InChI=1S/2C12H18N4S.H2O4S/c2*1-9(2)10-5-3-4-6-11(10)17-8-7-15-16-12(13)14;1-5(2,3)4/h2*3-7,9H,8H2,1-2H3,(H4,13,14,16);(H2,1,2,3,4)/b2*15-7+;. The molecule has 0 fully saturated rings. The average molecular weight is 599 g/mol. The van der Waals surface area contributed by atoms with Crippen LogP contribution in [-0.4, -0.2) is 53.4 Å². The maximum atomic E-state index is 8.74. The Morgan fingerprint density at radius 2 is 1.05 bits per heavy atom. The molecule has 0 spiro atoms. The van der Waals surface area contributed by atoms with E-state index in [1.165, 1.54) is 20.9 Å². The highest BCUT2D eigenvalue weighted by Gasteiger charge is 2.06. The minimum absolute atomic E-state index is 0.0196. The van der Waals surface area contributed by atoms with E-state index in [-0.39, 0.29) is 11.9 Å². The molecule has 0 atom stereocenters. The molecule has 0 aliphatic carbocycles. The molecular weight excluding hydrogens is 561 g/mol. The van der Waals surface area contributed by atoms with Crippen LogP contribution in [0.2, 0.25) is 0 Å². The number of thioether (sulfide) groups is 2. The lowest BCUT2D eigenvalue weighted by Gasteiger charge is -2.10. The summed E-state index contributed by atoms with van der Waals surface area (Å²) in [5.41, 5.74) is 23.3. The van der Waals surface area contributed by atoms with E-state index in [0.29, 0.717) is 11.8 Å². The number of nitrogens with zero attached hydrogens (tertiary/aromatic N) is 4. The summed E-state index contributed by atoms with van der Waals surface area (Å²) in [6, 6.07) is 16.8. The van der Waals surface area contributed by atoms with Crippen LogP contribution in [0.5, 0.6) is 0 Å². The van der Waals surface area contributed by atoms with Crippen molar-refractivity contribution in [2.24, 2.45) is 43.3 Å². The summed E-state index contributed by atoms with van der Waals surface area (Å²) in [5, 5.41) is 14.6. The lowest BCUT2D eigenvalue weighted by molar-refractivity contribution is 0.381. The molecular formula is C24H38N8O4S3. The van der Waals surface area contributed by atoms with Crippen LogP contribution in [-0.2, 0) is 10.4 Å². The zero-order chi connectivity index (χ0) is 29.8. The zero-order valence-corrected chi connectivity index (χ0v) is 24.8. The summed E-state index contributed by atoms with van der Waals surface area (Å²) in [7, 11) is -4.67. The third kappa shape index (κ3) is 20.5. The molecule has 0 aliphatic heterocycles. The van der Waals surface area contributed by atoms with Crippen LogP contribution >= 0.6 is 23.5 Å². The fourth-order valence-electron chi connectivity index (χ4n) is 2.71. The molecule has 0 saturated heterocycles. The van der Waals surface area contributed by atoms with Crippen molar-refractivity contribution in [3.63, 3.8) is 0 Å². The smallest absolute Gasteiger partial charge is 0.369 e. The van der Waals surface area contributed by atoms with Gasteiger partial charge in [0.25, 0.3) is 0 Å². The van der Waals surface area contributed by atoms with Crippen LogP contribution < -0.4 is 22.9 Å². The second kappa shape index (κ2) is 19.9. The molecule has 2 aromatic rings. The van der Waals surface area contributed by atoms with Gasteiger partial charge in [0.1, 0.15) is 0 Å². The molecule has 0 unspecified atom stereocenters. The van der Waals surface area contributed by atoms with Crippen LogP contribution in [0.15, 0.2) is 78.7 Å². The molecule has 2 aromatic carbocycles. The second-order valence-electron chi connectivity index (χ2n) is 8.10. The Hall–Kier alpha value is -3.11. The molecule has 0 bridgehead atoms. The van der Waals surface area contributed by atoms with E-state index in [2.05, 4.69) is 84.5 Å². The van der Waals surface area contributed by atoms with E-state index >= 15 is 0 Å². The number of nitrogens with two attached hydrogens (primary N) is 4. The van der Waals surface area contributed by atoms with Crippen molar-refractivity contribution in [3.8, 4) is 0 Å². The van der Waals surface area contributed by atoms with Gasteiger partial charge in [-0.05, 0) is 35.1 Å². The van der Waals surface area contributed by atoms with Gasteiger partial charge in [-0.25, -0.2) is 0 Å². The third-order valence-corrected chi connectivity index (χ3v) is 6.22. The molecule has 0 heterocycles. The Kier molecular flexibility index (Phi) is 18.3. The van der Waals surface area contributed by atoms with E-state index < -0.39 is 10.4 Å². The predicted molar refractivity (Wildman–Crippen MR) is 165 cm³/mol. The molecule has 0 saturated carbocycles. The van der Waals surface area contributed by atoms with Gasteiger partial charge in [-0.1, -0.05) is 64.1 Å². The highest BCUT2D eigenvalue weighted by atomic mass is 32.3. The van der Waals surface area contributed by atoms with Crippen molar-refractivity contribution in [2.45, 2.75) is 49.3 Å². The zero-order valence-electron chi connectivity index (χ0n) is 22.4. The van der Waals surface area contributed by atoms with Gasteiger partial charge >= 0.3 is 10.4 Å². The highest BCUT2D eigenvalue weighted by molar-refractivity contribution is 8.00. The first-order chi connectivity index (χ1) is 18.2. The number of hydrogen-bond donors (Lipinski definition) is 6. The van der Waals surface area contributed by atoms with Gasteiger partial charge in [0.15, 0.2) is 0 Å². The lowest BCUT2D eigenvalue weighted by atomic mass is 10.0. The van der Waals surface area contributed by atoms with Crippen molar-refractivity contribution in [2.75, 3.05) is 11.5 Å². The summed E-state index contributed by atoms with van der Waals surface area (Å²) in [6.07, 6.45) is 3.39. The largest absolute Gasteiger partial charge is 0.394 e. The van der Waals surface area contributed by atoms with E-state index in [1.807, 2.05) is 12.1 Å². The summed E-state index contributed by atoms with van der Waals surface area (Å²) in [4.78, 5) is 2.55. The van der Waals surface area contributed by atoms with Crippen LogP contribution in [0.1, 0.15) is 50.7 Å². The van der Waals surface area contributed by atoms with Gasteiger partial charge in [-0.2, -0.15) is 18.6 Å². The molecule has 0 aliphatic rings. The SMILES string of the molecule is CC(C)c1ccccc1SC/C=N/N=C(N)N.CC(C)c1ccccc1SC/C=N/N=C(N)N.O=S(=O)(O)O. The van der Waals surface area contributed by atoms with E-state index in [4.69, 9.17) is 40.5 Å². The summed E-state index contributed by atoms with van der Waals surface area (Å²) in [5.74, 6) is 2.51. The topological polar surface area (TPSA) is 228 Å². The van der Waals surface area contributed by atoms with Gasteiger partial charge in [-0.15, -0.1) is 33.7 Å². The Balaban J connectivity index is 0.000000632. The Labute approximate surface area is 239 Å². The Bertz CT molecular complexity index is 1120. The summed E-state index contributed by atoms with van der Waals surface area (Å²) >= 11 is 3.45. The molecule has 12 nitrogen and oxygen atoms in total. The minimum Gasteiger partial charge on any atom is -0.369 e. The summed E-state index contributed by atoms with van der Waals surface area (Å²) in [6.45, 7) is 8.75. The van der Waals surface area contributed by atoms with Crippen molar-refractivity contribution in [1.29, 1.82) is 0 Å². The maximum Gasteiger partial charge on any atom is 0.394 e. The first-order valence-electron chi connectivity index (χ1n) is 11.6. The lowest BCUT2D eigenvalue weighted by Crippen LogP contribution is -2.21. The van der Waals surface area contributed by atoms with Crippen molar-refractivity contribution in [1.82, 2.24) is 0 Å². The predicted octanol–water partition coefficient (Wildman–Crippen LogP) is 3.67. The van der Waals surface area contributed by atoms with Gasteiger partial charge < -0.3 is 22.9 Å². The average Bonchev–Trinajstić information content (AvgIpc) is 2.83. The fraction of sp³-hybridized carbons (Fsp3) is 0.333. The van der Waals surface area contributed by atoms with Gasteiger partial charge in [0, 0.05) is 33.7 Å². The van der Waals surface area contributed by atoms with Crippen LogP contribution in [0.4, 0.5) is 0 Å². The van der Waals surface area contributed by atoms with Crippen molar-refractivity contribution < 1.29 is 17.5 Å². The Morgan fingerprint density at radius 1 is 0.744 bits per heavy atom. The van der Waals surface area contributed by atoms with Crippen LogP contribution in [0.25, 0.3) is 0 Å². The quantitative estimate of drug-likeness (QED) is 0.0764. The molecule has 0 aromatic heterocycles. The van der Waals surface area contributed by atoms with E-state index in [1.54, 1.807) is 36.0 Å². The first kappa shape index (κ1) is 35.9. The summed E-state index contributed by atoms with van der Waals surface area (Å²) < 4.78 is 31.6. The molecule has 0 radical (unpaired) electrons. The maximum absolute atomic E-state index is 8.74. The minimum atomic E-state index is -4.67. The molecule has 10 N–H and O–H groups in total. The molecule has 15 heteroatoms. The van der Waals surface area contributed by atoms with Crippen LogP contribution in [0, 0.1) is 0 Å². The molecule has 216 valence electrons. The first-order valence-corrected chi connectivity index (χ1v) is 14.9. The number of guanidine groups is 2. The van der Waals surface area contributed by atoms with Crippen molar-refractivity contribution >= 4 is 58.3 Å². The van der Waals surface area contributed by atoms with Crippen molar-refractivity contribution in [3.05, 3.63) is 59.7 Å². The van der Waals surface area contributed by atoms with Gasteiger partial charge in [0.05, 0.1) is 0 Å². The molecule has 39 heavy (non-hydrogen) atoms. The number of rotatable bonds is 10.